The molecule has 1 saturated heterocycles. The van der Waals surface area contributed by atoms with Gasteiger partial charge in [0.2, 0.25) is 0 Å². The zero-order valence-corrected chi connectivity index (χ0v) is 14.8. The third-order valence-corrected chi connectivity index (χ3v) is 4.92. The van der Waals surface area contributed by atoms with Crippen LogP contribution in [0.3, 0.4) is 0 Å². The predicted octanol–water partition coefficient (Wildman–Crippen LogP) is 1.85. The number of hydrogen-bond acceptors (Lipinski definition) is 6. The lowest BCUT2D eigenvalue weighted by Crippen LogP contribution is -2.50. The van der Waals surface area contributed by atoms with Crippen LogP contribution in [0.15, 0.2) is 49.2 Å². The minimum absolute atomic E-state index is 0.478. The Balaban J connectivity index is 1.62. The van der Waals surface area contributed by atoms with Crippen LogP contribution in [0.1, 0.15) is 18.7 Å². The summed E-state index contributed by atoms with van der Waals surface area (Å²) >= 11 is 0. The second-order valence-corrected chi connectivity index (χ2v) is 6.91. The molecular weight excluding hydrogens is 328 g/mol. The maximum absolute atomic E-state index is 11.2. The van der Waals surface area contributed by atoms with E-state index in [1.54, 1.807) is 12.7 Å². The van der Waals surface area contributed by atoms with Gasteiger partial charge < -0.3 is 14.6 Å². The zero-order valence-electron chi connectivity index (χ0n) is 14.8. The van der Waals surface area contributed by atoms with Crippen molar-refractivity contribution in [1.29, 1.82) is 0 Å². The fourth-order valence-corrected chi connectivity index (χ4v) is 3.60. The molecule has 0 amide bonds. The molecule has 3 aromatic rings. The number of rotatable bonds is 4. The number of anilines is 1. The molecule has 0 radical (unpaired) electrons. The summed E-state index contributed by atoms with van der Waals surface area (Å²) in [7, 11) is 1.90. The molecule has 1 unspecified atom stereocenters. The van der Waals surface area contributed by atoms with Crippen LogP contribution in [-0.2, 0) is 13.5 Å². The van der Waals surface area contributed by atoms with Crippen LogP contribution >= 0.6 is 0 Å². The Bertz CT molecular complexity index is 881. The summed E-state index contributed by atoms with van der Waals surface area (Å²) in [5.74, 6) is 1.66. The van der Waals surface area contributed by atoms with E-state index >= 15 is 0 Å². The smallest absolute Gasteiger partial charge is 0.139 e. The lowest BCUT2D eigenvalue weighted by Gasteiger charge is -2.40. The van der Waals surface area contributed by atoms with Gasteiger partial charge in [0.05, 0.1) is 5.60 Å². The molecule has 0 bridgehead atoms. The van der Waals surface area contributed by atoms with Gasteiger partial charge in [0.25, 0.3) is 0 Å². The molecule has 4 rings (SSSR count). The minimum atomic E-state index is -0.849. The van der Waals surface area contributed by atoms with E-state index in [4.69, 9.17) is 0 Å². The first-order valence-electron chi connectivity index (χ1n) is 8.80. The van der Waals surface area contributed by atoms with E-state index in [1.165, 1.54) is 0 Å². The van der Waals surface area contributed by atoms with E-state index in [9.17, 15) is 5.11 Å². The number of benzene rings is 1. The summed E-state index contributed by atoms with van der Waals surface area (Å²) in [5.41, 5.74) is 1.21. The number of nitrogens with zero attached hydrogens (tertiary/aromatic N) is 6. The van der Waals surface area contributed by atoms with Crippen LogP contribution in [0.2, 0.25) is 0 Å². The highest BCUT2D eigenvalue weighted by atomic mass is 16.3. The van der Waals surface area contributed by atoms with Crippen LogP contribution in [0.4, 0.5) is 5.82 Å². The van der Waals surface area contributed by atoms with Crippen LogP contribution in [0.5, 0.6) is 0 Å². The SMILES string of the molecule is Cn1cnnc1CC1(O)CCCN(c2ncncc2-c2ccccc2)C1. The van der Waals surface area contributed by atoms with Gasteiger partial charge in [-0.1, -0.05) is 30.3 Å². The van der Waals surface area contributed by atoms with Gasteiger partial charge in [-0.15, -0.1) is 10.2 Å². The van der Waals surface area contributed by atoms with Crippen molar-refractivity contribution in [2.75, 3.05) is 18.0 Å². The lowest BCUT2D eigenvalue weighted by molar-refractivity contribution is 0.0236. The van der Waals surface area contributed by atoms with E-state index in [2.05, 4.69) is 37.2 Å². The quantitative estimate of drug-likeness (QED) is 0.773. The highest BCUT2D eigenvalue weighted by Gasteiger charge is 2.36. The molecule has 1 aliphatic rings. The van der Waals surface area contributed by atoms with Gasteiger partial charge in [0.1, 0.15) is 24.3 Å². The molecular formula is C19H22N6O. The Morgan fingerprint density at radius 1 is 1.23 bits per heavy atom. The molecule has 7 heteroatoms. The third-order valence-electron chi connectivity index (χ3n) is 4.92. The lowest BCUT2D eigenvalue weighted by atomic mass is 9.89. The van der Waals surface area contributed by atoms with Gasteiger partial charge in [-0.3, -0.25) is 0 Å². The number of aryl methyl sites for hydroxylation is 1. The van der Waals surface area contributed by atoms with E-state index in [0.717, 1.165) is 42.2 Å². The van der Waals surface area contributed by atoms with Gasteiger partial charge >= 0.3 is 0 Å². The fraction of sp³-hybridized carbons (Fsp3) is 0.368. The normalized spacial score (nSPS) is 20.3. The van der Waals surface area contributed by atoms with Gasteiger partial charge in [0, 0.05) is 38.3 Å². The molecule has 2 aromatic heterocycles. The molecule has 1 fully saturated rings. The number of hydrogen-bond donors (Lipinski definition) is 1. The van der Waals surface area contributed by atoms with E-state index < -0.39 is 5.60 Å². The van der Waals surface area contributed by atoms with Crippen molar-refractivity contribution in [3.8, 4) is 11.1 Å². The average molecular weight is 350 g/mol. The molecule has 134 valence electrons. The molecule has 0 saturated carbocycles. The molecule has 3 heterocycles. The van der Waals surface area contributed by atoms with Gasteiger partial charge in [-0.05, 0) is 18.4 Å². The second kappa shape index (κ2) is 6.84. The Labute approximate surface area is 152 Å². The number of aliphatic hydroxyl groups is 1. The van der Waals surface area contributed by atoms with Crippen molar-refractivity contribution < 1.29 is 5.11 Å². The van der Waals surface area contributed by atoms with Crippen molar-refractivity contribution in [1.82, 2.24) is 24.7 Å². The molecule has 1 aromatic carbocycles. The van der Waals surface area contributed by atoms with E-state index in [1.807, 2.05) is 36.0 Å². The topological polar surface area (TPSA) is 80.0 Å². The summed E-state index contributed by atoms with van der Waals surface area (Å²) in [6, 6.07) is 10.1. The summed E-state index contributed by atoms with van der Waals surface area (Å²) < 4.78 is 1.86. The highest BCUT2D eigenvalue weighted by Crippen LogP contribution is 2.33. The molecule has 1 atom stereocenters. The first-order valence-corrected chi connectivity index (χ1v) is 8.80. The van der Waals surface area contributed by atoms with Crippen molar-refractivity contribution in [2.45, 2.75) is 24.9 Å². The maximum Gasteiger partial charge on any atom is 0.139 e. The van der Waals surface area contributed by atoms with Gasteiger partial charge in [-0.2, -0.15) is 0 Å². The summed E-state index contributed by atoms with van der Waals surface area (Å²) in [5, 5.41) is 19.2. The Kier molecular flexibility index (Phi) is 4.38. The van der Waals surface area contributed by atoms with E-state index in [-0.39, 0.29) is 0 Å². The number of β-amino-alcohol motifs (C(OH)–C–C–N with tert-alkyl or cyclic N) is 1. The van der Waals surface area contributed by atoms with E-state index in [0.29, 0.717) is 13.0 Å². The third kappa shape index (κ3) is 3.30. The monoisotopic (exact) mass is 350 g/mol. The molecule has 0 spiro atoms. The van der Waals surface area contributed by atoms with Gasteiger partial charge in [-0.25, -0.2) is 9.97 Å². The van der Waals surface area contributed by atoms with Crippen molar-refractivity contribution >= 4 is 5.82 Å². The summed E-state index contributed by atoms with van der Waals surface area (Å²) in [4.78, 5) is 10.9. The molecule has 26 heavy (non-hydrogen) atoms. The highest BCUT2D eigenvalue weighted by molar-refractivity contribution is 5.75. The molecule has 7 nitrogen and oxygen atoms in total. The molecule has 1 aliphatic heterocycles. The van der Waals surface area contributed by atoms with Gasteiger partial charge in [0.15, 0.2) is 0 Å². The van der Waals surface area contributed by atoms with Crippen LogP contribution in [0, 0.1) is 0 Å². The maximum atomic E-state index is 11.2. The minimum Gasteiger partial charge on any atom is -0.388 e. The van der Waals surface area contributed by atoms with Crippen molar-refractivity contribution in [3.05, 3.63) is 55.0 Å². The molecule has 0 aliphatic carbocycles. The second-order valence-electron chi connectivity index (χ2n) is 6.91. The largest absolute Gasteiger partial charge is 0.388 e. The first kappa shape index (κ1) is 16.7. The predicted molar refractivity (Wildman–Crippen MR) is 98.6 cm³/mol. The van der Waals surface area contributed by atoms with Crippen molar-refractivity contribution in [3.63, 3.8) is 0 Å². The number of piperidine rings is 1. The van der Waals surface area contributed by atoms with Crippen molar-refractivity contribution in [2.24, 2.45) is 7.05 Å². The van der Waals surface area contributed by atoms with Crippen LogP contribution in [0.25, 0.3) is 11.1 Å². The Morgan fingerprint density at radius 2 is 2.08 bits per heavy atom. The summed E-state index contributed by atoms with van der Waals surface area (Å²) in [6.45, 7) is 1.37. The first-order chi connectivity index (χ1) is 12.6. The Morgan fingerprint density at radius 3 is 2.85 bits per heavy atom. The van der Waals surface area contributed by atoms with Crippen LogP contribution < -0.4 is 4.90 Å². The Hall–Kier alpha value is -2.80. The molecule has 1 N–H and O–H groups in total. The zero-order chi connectivity index (χ0) is 18.0. The fourth-order valence-electron chi connectivity index (χ4n) is 3.60. The van der Waals surface area contributed by atoms with Crippen LogP contribution in [-0.4, -0.2) is 48.5 Å². The average Bonchev–Trinajstić information content (AvgIpc) is 3.06. The standard InChI is InChI=1S/C19H22N6O/c1-24-14-22-23-17(24)10-19(26)8-5-9-25(12-19)18-16(11-20-13-21-18)15-6-3-2-4-7-15/h2-4,6-7,11,13-14,26H,5,8-10,12H2,1H3. The number of aromatic nitrogens is 5. The summed E-state index contributed by atoms with van der Waals surface area (Å²) in [6.07, 6.45) is 7.18.